The molecule has 9 heteroatoms. The van der Waals surface area contributed by atoms with E-state index in [4.69, 9.17) is 4.74 Å². The van der Waals surface area contributed by atoms with E-state index in [-0.39, 0.29) is 6.54 Å². The number of benzene rings is 1. The summed E-state index contributed by atoms with van der Waals surface area (Å²) >= 11 is 0. The van der Waals surface area contributed by atoms with Crippen molar-refractivity contribution in [3.8, 4) is 5.88 Å². The highest BCUT2D eigenvalue weighted by Crippen LogP contribution is 2.31. The van der Waals surface area contributed by atoms with Gasteiger partial charge in [0.05, 0.1) is 25.3 Å². The molecule has 0 fully saturated rings. The average molecular weight is 366 g/mol. The van der Waals surface area contributed by atoms with Gasteiger partial charge in [-0.15, -0.1) is 0 Å². The molecular weight excluding hydrogens is 349 g/mol. The van der Waals surface area contributed by atoms with E-state index < -0.39 is 17.8 Å². The minimum absolute atomic E-state index is 0.195. The van der Waals surface area contributed by atoms with Crippen LogP contribution in [-0.2, 0) is 12.7 Å². The Labute approximate surface area is 147 Å². The first kappa shape index (κ1) is 18.1. The SMILES string of the molecule is COc1nc(C)nc2c1c(C(C)O)nn2Cc1ccc(C(F)(F)F)cc1. The van der Waals surface area contributed by atoms with Crippen LogP contribution in [-0.4, -0.2) is 32.0 Å². The number of aromatic nitrogens is 4. The number of aryl methyl sites for hydroxylation is 1. The number of hydrogen-bond donors (Lipinski definition) is 1. The maximum atomic E-state index is 12.7. The van der Waals surface area contributed by atoms with Crippen molar-refractivity contribution in [2.75, 3.05) is 7.11 Å². The summed E-state index contributed by atoms with van der Waals surface area (Å²) in [6.07, 6.45) is -5.26. The van der Waals surface area contributed by atoms with Gasteiger partial charge in [0.25, 0.3) is 0 Å². The number of methoxy groups -OCH3 is 1. The number of ether oxygens (including phenoxy) is 1. The summed E-state index contributed by atoms with van der Waals surface area (Å²) in [4.78, 5) is 8.56. The first-order valence-corrected chi connectivity index (χ1v) is 7.84. The largest absolute Gasteiger partial charge is 0.480 e. The molecule has 0 saturated carbocycles. The van der Waals surface area contributed by atoms with Crippen LogP contribution in [0, 0.1) is 6.92 Å². The van der Waals surface area contributed by atoms with Gasteiger partial charge in [-0.1, -0.05) is 12.1 Å². The standard InChI is InChI=1S/C17H17F3N4O2/c1-9(25)14-13-15(21-10(2)22-16(13)26-3)24(23-14)8-11-4-6-12(7-5-11)17(18,19)20/h4-7,9,25H,8H2,1-3H3. The van der Waals surface area contributed by atoms with Crippen molar-refractivity contribution in [3.63, 3.8) is 0 Å². The molecule has 26 heavy (non-hydrogen) atoms. The summed E-state index contributed by atoms with van der Waals surface area (Å²) in [6.45, 7) is 3.45. The van der Waals surface area contributed by atoms with Gasteiger partial charge < -0.3 is 9.84 Å². The fraction of sp³-hybridized carbons (Fsp3) is 0.353. The molecule has 0 aliphatic rings. The van der Waals surface area contributed by atoms with Gasteiger partial charge in [-0.2, -0.15) is 23.3 Å². The number of aliphatic hydroxyl groups is 1. The van der Waals surface area contributed by atoms with Crippen molar-refractivity contribution in [2.24, 2.45) is 0 Å². The predicted molar refractivity (Wildman–Crippen MR) is 87.8 cm³/mol. The van der Waals surface area contributed by atoms with Gasteiger partial charge in [0.15, 0.2) is 5.65 Å². The minimum atomic E-state index is -4.38. The molecule has 138 valence electrons. The van der Waals surface area contributed by atoms with Crippen molar-refractivity contribution in [3.05, 3.63) is 46.9 Å². The Kier molecular flexibility index (Phi) is 4.57. The molecule has 0 saturated heterocycles. The highest BCUT2D eigenvalue weighted by atomic mass is 19.4. The number of alkyl halides is 3. The molecule has 6 nitrogen and oxygen atoms in total. The Bertz CT molecular complexity index is 934. The van der Waals surface area contributed by atoms with Crippen molar-refractivity contribution in [1.29, 1.82) is 0 Å². The molecule has 2 heterocycles. The van der Waals surface area contributed by atoms with E-state index in [2.05, 4.69) is 15.1 Å². The van der Waals surface area contributed by atoms with Gasteiger partial charge in [0, 0.05) is 0 Å². The van der Waals surface area contributed by atoms with E-state index in [9.17, 15) is 18.3 Å². The molecule has 0 spiro atoms. The molecule has 0 amide bonds. The second kappa shape index (κ2) is 6.56. The molecule has 0 aliphatic carbocycles. The first-order chi connectivity index (χ1) is 12.2. The first-order valence-electron chi connectivity index (χ1n) is 7.84. The van der Waals surface area contributed by atoms with Gasteiger partial charge in [-0.05, 0) is 31.5 Å². The van der Waals surface area contributed by atoms with E-state index in [1.165, 1.54) is 23.9 Å². The number of fused-ring (bicyclic) bond motifs is 1. The maximum absolute atomic E-state index is 12.7. The lowest BCUT2D eigenvalue weighted by atomic mass is 10.1. The molecule has 3 aromatic rings. The molecule has 0 aliphatic heterocycles. The fourth-order valence-electron chi connectivity index (χ4n) is 2.69. The lowest BCUT2D eigenvalue weighted by Crippen LogP contribution is -2.07. The Hall–Kier alpha value is -2.68. The van der Waals surface area contributed by atoms with Crippen LogP contribution in [0.15, 0.2) is 24.3 Å². The van der Waals surface area contributed by atoms with Gasteiger partial charge in [0.1, 0.15) is 16.9 Å². The quantitative estimate of drug-likeness (QED) is 0.767. The van der Waals surface area contributed by atoms with Crippen LogP contribution in [0.5, 0.6) is 5.88 Å². The summed E-state index contributed by atoms with van der Waals surface area (Å²) in [5, 5.41) is 14.9. The summed E-state index contributed by atoms with van der Waals surface area (Å²) < 4.78 is 44.9. The molecule has 1 atom stereocenters. The zero-order chi connectivity index (χ0) is 19.1. The van der Waals surface area contributed by atoms with E-state index >= 15 is 0 Å². The van der Waals surface area contributed by atoms with Crippen LogP contribution in [0.4, 0.5) is 13.2 Å². The van der Waals surface area contributed by atoms with E-state index in [0.29, 0.717) is 34.0 Å². The minimum Gasteiger partial charge on any atom is -0.480 e. The van der Waals surface area contributed by atoms with Gasteiger partial charge in [-0.25, -0.2) is 9.67 Å². The maximum Gasteiger partial charge on any atom is 0.416 e. The Morgan fingerprint density at radius 1 is 1.19 bits per heavy atom. The normalized spacial score (nSPS) is 13.2. The molecule has 0 bridgehead atoms. The van der Waals surface area contributed by atoms with Gasteiger partial charge in [-0.3, -0.25) is 0 Å². The zero-order valence-electron chi connectivity index (χ0n) is 14.4. The topological polar surface area (TPSA) is 73.1 Å². The molecule has 0 radical (unpaired) electrons. The summed E-state index contributed by atoms with van der Waals surface area (Å²) in [7, 11) is 1.46. The van der Waals surface area contributed by atoms with Crippen LogP contribution in [0.3, 0.4) is 0 Å². The molecule has 3 rings (SSSR count). The van der Waals surface area contributed by atoms with E-state index in [1.54, 1.807) is 13.8 Å². The van der Waals surface area contributed by atoms with Crippen molar-refractivity contribution in [2.45, 2.75) is 32.7 Å². The highest BCUT2D eigenvalue weighted by Gasteiger charge is 2.30. The smallest absolute Gasteiger partial charge is 0.416 e. The van der Waals surface area contributed by atoms with Crippen LogP contribution in [0.25, 0.3) is 11.0 Å². The van der Waals surface area contributed by atoms with Crippen molar-refractivity contribution < 1.29 is 23.0 Å². The molecule has 1 N–H and O–H groups in total. The van der Waals surface area contributed by atoms with Crippen molar-refractivity contribution in [1.82, 2.24) is 19.7 Å². The third kappa shape index (κ3) is 3.34. The molecule has 2 aromatic heterocycles. The third-order valence-corrected chi connectivity index (χ3v) is 3.90. The number of rotatable bonds is 4. The Morgan fingerprint density at radius 3 is 2.38 bits per heavy atom. The van der Waals surface area contributed by atoms with Crippen LogP contribution in [0.1, 0.15) is 35.7 Å². The number of hydrogen-bond acceptors (Lipinski definition) is 5. The number of aliphatic hydroxyl groups excluding tert-OH is 1. The Balaban J connectivity index is 2.06. The molecular formula is C17H17F3N4O2. The average Bonchev–Trinajstić information content (AvgIpc) is 2.92. The van der Waals surface area contributed by atoms with Gasteiger partial charge >= 0.3 is 6.18 Å². The zero-order valence-corrected chi connectivity index (χ0v) is 14.4. The van der Waals surface area contributed by atoms with Gasteiger partial charge in [0.2, 0.25) is 5.88 Å². The number of halogens is 3. The lowest BCUT2D eigenvalue weighted by molar-refractivity contribution is -0.137. The summed E-state index contributed by atoms with van der Waals surface area (Å²) in [5.41, 5.74) is 0.708. The molecule has 1 aromatic carbocycles. The van der Waals surface area contributed by atoms with E-state index in [0.717, 1.165) is 12.1 Å². The number of nitrogens with zero attached hydrogens (tertiary/aromatic N) is 4. The highest BCUT2D eigenvalue weighted by molar-refractivity contribution is 5.84. The van der Waals surface area contributed by atoms with Crippen molar-refractivity contribution >= 4 is 11.0 Å². The third-order valence-electron chi connectivity index (χ3n) is 3.90. The summed E-state index contributed by atoms with van der Waals surface area (Å²) in [6, 6.07) is 4.84. The molecule has 1 unspecified atom stereocenters. The second-order valence-corrected chi connectivity index (χ2v) is 5.89. The second-order valence-electron chi connectivity index (χ2n) is 5.89. The van der Waals surface area contributed by atoms with E-state index in [1.807, 2.05) is 0 Å². The fourth-order valence-corrected chi connectivity index (χ4v) is 2.69. The summed E-state index contributed by atoms with van der Waals surface area (Å²) in [5.74, 6) is 0.752. The monoisotopic (exact) mass is 366 g/mol. The lowest BCUT2D eigenvalue weighted by Gasteiger charge is -2.08. The van der Waals surface area contributed by atoms with Crippen LogP contribution in [0.2, 0.25) is 0 Å². The van der Waals surface area contributed by atoms with Crippen LogP contribution >= 0.6 is 0 Å². The predicted octanol–water partition coefficient (Wildman–Crippen LogP) is 3.26. The van der Waals surface area contributed by atoms with Crippen LogP contribution < -0.4 is 4.74 Å². The Morgan fingerprint density at radius 2 is 1.85 bits per heavy atom.